The molecule has 0 saturated heterocycles. The predicted molar refractivity (Wildman–Crippen MR) is 558 cm³/mol. The van der Waals surface area contributed by atoms with Crippen molar-refractivity contribution < 1.29 is 61.9 Å². The molecule has 0 unspecified atom stereocenters. The van der Waals surface area contributed by atoms with Gasteiger partial charge in [-0.05, 0) is 193 Å². The molecule has 0 spiro atoms. The highest BCUT2D eigenvalue weighted by Gasteiger charge is 2.41. The van der Waals surface area contributed by atoms with Gasteiger partial charge in [-0.1, -0.05) is 423 Å². The van der Waals surface area contributed by atoms with Gasteiger partial charge in [0.2, 0.25) is 0 Å². The van der Waals surface area contributed by atoms with E-state index in [1.54, 1.807) is 0 Å². The van der Waals surface area contributed by atoms with E-state index in [4.69, 9.17) is 33.2 Å². The molecule has 13 heteroatoms. The van der Waals surface area contributed by atoms with Crippen molar-refractivity contribution in [2.45, 2.75) is 581 Å². The van der Waals surface area contributed by atoms with E-state index in [0.717, 1.165) is 231 Å². The summed E-state index contributed by atoms with van der Waals surface area (Å²) in [6.07, 6.45) is 118. The van der Waals surface area contributed by atoms with Gasteiger partial charge in [0.25, 0.3) is 0 Å². The highest BCUT2D eigenvalue weighted by Crippen LogP contribution is 2.29. The zero-order chi connectivity index (χ0) is 95.0. The molecule has 0 atom stereocenters. The van der Waals surface area contributed by atoms with Crippen molar-refractivity contribution in [3.8, 4) is 0 Å². The zero-order valence-electron chi connectivity index (χ0n) is 87.3. The molecule has 0 amide bonds. The van der Waals surface area contributed by atoms with Crippen molar-refractivity contribution in [2.75, 3.05) is 52.9 Å². The van der Waals surface area contributed by atoms with E-state index >= 15 is 0 Å². The second-order valence-corrected chi connectivity index (χ2v) is 39.5. The van der Waals surface area contributed by atoms with Crippen LogP contribution in [-0.2, 0) is 61.9 Å². The van der Waals surface area contributed by atoms with Gasteiger partial charge in [-0.2, -0.15) is 0 Å². The minimum atomic E-state index is -1.40. The fourth-order valence-corrected chi connectivity index (χ4v) is 16.9. The fourth-order valence-electron chi connectivity index (χ4n) is 16.9. The Balaban J connectivity index is 7.36. The largest absolute Gasteiger partial charge is 0.465 e. The summed E-state index contributed by atoms with van der Waals surface area (Å²) in [6.45, 7) is 11.4. The molecule has 0 bridgehead atoms. The van der Waals surface area contributed by atoms with E-state index in [9.17, 15) is 28.8 Å². The summed E-state index contributed by atoms with van der Waals surface area (Å²) in [4.78, 5) is 84.8. The highest BCUT2D eigenvalue weighted by atomic mass is 16.6. The summed E-state index contributed by atoms with van der Waals surface area (Å²) >= 11 is 0. The van der Waals surface area contributed by atoms with Gasteiger partial charge in [-0.15, -0.1) is 0 Å². The average molecular weight is 1840 g/mol. The highest BCUT2D eigenvalue weighted by molar-refractivity contribution is 5.71. The Bertz CT molecular complexity index is 2200. The first kappa shape index (κ1) is 126. The van der Waals surface area contributed by atoms with Crippen LogP contribution in [0.4, 0.5) is 0 Å². The molecular formula is C118H214O13. The van der Waals surface area contributed by atoms with E-state index in [1.165, 1.54) is 231 Å². The molecule has 13 nitrogen and oxygen atoms in total. The molecule has 0 radical (unpaired) electrons. The molecule has 131 heavy (non-hydrogen) atoms. The molecule has 0 aliphatic rings. The summed E-state index contributed by atoms with van der Waals surface area (Å²) in [5.74, 6) is -2.44. The lowest BCUT2D eigenvalue weighted by molar-refractivity contribution is -0.175. The predicted octanol–water partition coefficient (Wildman–Crippen LogP) is 36.5. The summed E-state index contributed by atoms with van der Waals surface area (Å²) in [5.41, 5.74) is -2.80. The van der Waals surface area contributed by atoms with E-state index in [2.05, 4.69) is 114 Å². The van der Waals surface area contributed by atoms with Crippen LogP contribution in [0.2, 0.25) is 0 Å². The number of allylic oxidation sites excluding steroid dienone is 12. The van der Waals surface area contributed by atoms with Gasteiger partial charge in [0.15, 0.2) is 0 Å². The summed E-state index contributed by atoms with van der Waals surface area (Å²) in [6, 6.07) is 0. The van der Waals surface area contributed by atoms with Crippen LogP contribution in [-0.4, -0.2) is 88.7 Å². The number of ether oxygens (including phenoxy) is 7. The van der Waals surface area contributed by atoms with Crippen molar-refractivity contribution >= 4 is 35.8 Å². The maximum absolute atomic E-state index is 14.1. The van der Waals surface area contributed by atoms with Crippen LogP contribution in [0.1, 0.15) is 581 Å². The van der Waals surface area contributed by atoms with Crippen molar-refractivity contribution in [3.05, 3.63) is 72.9 Å². The molecule has 0 aliphatic carbocycles. The molecule has 0 aromatic carbocycles. The lowest BCUT2D eigenvalue weighted by Crippen LogP contribution is -2.47. The van der Waals surface area contributed by atoms with Crippen molar-refractivity contribution in [1.29, 1.82) is 0 Å². The van der Waals surface area contributed by atoms with Gasteiger partial charge in [0.05, 0.1) is 24.0 Å². The molecule has 0 N–H and O–H groups in total. The molecule has 0 aliphatic heterocycles. The number of esters is 6. The van der Waals surface area contributed by atoms with Crippen molar-refractivity contribution in [3.63, 3.8) is 0 Å². The normalized spacial score (nSPS) is 12.1. The van der Waals surface area contributed by atoms with Crippen LogP contribution in [0.5, 0.6) is 0 Å². The van der Waals surface area contributed by atoms with Crippen LogP contribution in [0.3, 0.4) is 0 Å². The molecule has 0 saturated carbocycles. The molecule has 0 aromatic rings. The SMILES string of the molecule is CCCCCCCC/C=C\CCCCCCCC(=O)OCC(COCC(COC(=O)CCCCCCC/C=C\CCCCCCCC)(COC(=O)CCCCCCC/C=C\CCCCCCCC)COC(=O)CCCCCCC/C=C\CCCCCCCC)(COC(=O)CCCCCCC/C=C\CCCCCCCC)COC(=O)CCCCCCC/C=C\CCCCCCCC. The fraction of sp³-hybridized carbons (Fsp3) is 0.847. The number of rotatable bonds is 106. The second-order valence-electron chi connectivity index (χ2n) is 39.5. The lowest BCUT2D eigenvalue weighted by atomic mass is 9.90. The van der Waals surface area contributed by atoms with Crippen LogP contribution in [0, 0.1) is 10.8 Å². The first-order valence-electron chi connectivity index (χ1n) is 56.9. The quantitative estimate of drug-likeness (QED) is 0.0244. The van der Waals surface area contributed by atoms with Crippen molar-refractivity contribution in [2.24, 2.45) is 10.8 Å². The summed E-state index contributed by atoms with van der Waals surface area (Å²) < 4.78 is 44.5. The standard InChI is InChI=1S/C118H214O13/c1-7-13-19-25-31-37-43-49-55-61-67-73-79-85-91-97-111(119)126-105-117(106-127-112(120)98-92-86-80-74-68-62-56-50-44-38-32-26-20-14-8-2,107-128-113(121)99-93-87-81-75-69-63-57-51-45-39-33-27-21-15-9-3)103-125-104-118(108-129-114(122)100-94-88-82-76-70-64-58-52-46-40-34-28-22-16-10-4,109-130-115(123)101-95-89-83-77-71-65-59-53-47-41-35-29-23-17-11-5)110-131-116(124)102-96-90-84-78-72-66-60-54-48-42-36-30-24-18-12-6/h49-60H,7-48,61-110H2,1-6H3/b55-49-,56-50-,57-51-,58-52-,59-53-,60-54-. The minimum Gasteiger partial charge on any atom is -0.465 e. The molecule has 0 fully saturated rings. The third kappa shape index (κ3) is 95.3. The molecular weight excluding hydrogens is 1630 g/mol. The Morgan fingerprint density at radius 2 is 0.252 bits per heavy atom. The van der Waals surface area contributed by atoms with Crippen LogP contribution in [0.15, 0.2) is 72.9 Å². The first-order chi connectivity index (χ1) is 64.4. The minimum absolute atomic E-state index is 0.190. The molecule has 0 rings (SSSR count). The monoisotopic (exact) mass is 1840 g/mol. The van der Waals surface area contributed by atoms with Gasteiger partial charge in [-0.3, -0.25) is 28.8 Å². The number of carbonyl (C=O) groups is 6. The van der Waals surface area contributed by atoms with Gasteiger partial charge in [0.1, 0.15) is 39.6 Å². The van der Waals surface area contributed by atoms with E-state index in [1.807, 2.05) is 0 Å². The van der Waals surface area contributed by atoms with E-state index in [0.29, 0.717) is 38.5 Å². The summed E-state index contributed by atoms with van der Waals surface area (Å²) in [7, 11) is 0. The Hall–Kier alpha value is -4.78. The van der Waals surface area contributed by atoms with E-state index < -0.39 is 46.6 Å². The van der Waals surface area contributed by atoms with Gasteiger partial charge >= 0.3 is 35.8 Å². The number of unbranched alkanes of at least 4 members (excludes halogenated alkanes) is 66. The smallest absolute Gasteiger partial charge is 0.305 e. The number of hydrogen-bond acceptors (Lipinski definition) is 13. The first-order valence-corrected chi connectivity index (χ1v) is 56.9. The van der Waals surface area contributed by atoms with Crippen LogP contribution in [0.25, 0.3) is 0 Å². The second kappa shape index (κ2) is 104. The van der Waals surface area contributed by atoms with Gasteiger partial charge in [0, 0.05) is 38.5 Å². The van der Waals surface area contributed by atoms with Gasteiger partial charge in [-0.25, -0.2) is 0 Å². The average Bonchev–Trinajstić information content (AvgIpc) is 0.837. The van der Waals surface area contributed by atoms with Crippen LogP contribution >= 0.6 is 0 Å². The third-order valence-electron chi connectivity index (χ3n) is 25.9. The Labute approximate surface area is 810 Å². The Kier molecular flexibility index (Phi) is 100. The topological polar surface area (TPSA) is 167 Å². The van der Waals surface area contributed by atoms with E-state index in [-0.39, 0.29) is 91.4 Å². The number of hydrogen-bond donors (Lipinski definition) is 0. The molecule has 764 valence electrons. The summed E-state index contributed by atoms with van der Waals surface area (Å²) in [5, 5.41) is 0. The molecule has 0 heterocycles. The maximum Gasteiger partial charge on any atom is 0.305 e. The lowest BCUT2D eigenvalue weighted by Gasteiger charge is -2.35. The molecule has 0 aromatic heterocycles. The Morgan fingerprint density at radius 3 is 0.374 bits per heavy atom. The maximum atomic E-state index is 14.1. The van der Waals surface area contributed by atoms with Crippen LogP contribution < -0.4 is 0 Å². The Morgan fingerprint density at radius 1 is 0.145 bits per heavy atom. The zero-order valence-corrected chi connectivity index (χ0v) is 87.3. The van der Waals surface area contributed by atoms with Crippen molar-refractivity contribution in [1.82, 2.24) is 0 Å². The van der Waals surface area contributed by atoms with Gasteiger partial charge < -0.3 is 33.2 Å². The third-order valence-corrected chi connectivity index (χ3v) is 25.9. The number of carbonyl (C=O) groups excluding carboxylic acids is 6.